The fourth-order valence-corrected chi connectivity index (χ4v) is 4.71. The number of aromatic nitrogens is 4. The van der Waals surface area contributed by atoms with E-state index < -0.39 is 10.2 Å². The molecule has 3 heterocycles. The third-order valence-corrected chi connectivity index (χ3v) is 7.18. The number of hydrogen-bond acceptors (Lipinski definition) is 7. The molecule has 3 N–H and O–H groups in total. The van der Waals surface area contributed by atoms with Gasteiger partial charge in [0, 0.05) is 32.7 Å². The molecule has 0 aliphatic rings. The first-order valence-corrected chi connectivity index (χ1v) is 11.4. The minimum atomic E-state index is -3.50. The summed E-state index contributed by atoms with van der Waals surface area (Å²) in [6.07, 6.45) is 3.17. The van der Waals surface area contributed by atoms with Crippen molar-refractivity contribution >= 4 is 37.6 Å². The van der Waals surface area contributed by atoms with E-state index in [-0.39, 0.29) is 6.54 Å². The molecule has 0 spiro atoms. The zero-order valence-corrected chi connectivity index (χ0v) is 18.1. The SMILES string of the molecule is CN(C)S(=O)(=O)NCCn1cnc(-c2ccccc2)c1-c1cc2c(N)ncnc2s1. The van der Waals surface area contributed by atoms with Gasteiger partial charge in [-0.2, -0.15) is 12.7 Å². The van der Waals surface area contributed by atoms with Crippen LogP contribution in [0.4, 0.5) is 5.82 Å². The van der Waals surface area contributed by atoms with E-state index in [0.717, 1.165) is 36.4 Å². The largest absolute Gasteiger partial charge is 0.383 e. The molecule has 4 rings (SSSR count). The lowest BCUT2D eigenvalue weighted by atomic mass is 10.1. The number of benzene rings is 1. The van der Waals surface area contributed by atoms with Gasteiger partial charge in [-0.15, -0.1) is 11.3 Å². The fourth-order valence-electron chi connectivity index (χ4n) is 3.03. The normalized spacial score (nSPS) is 12.1. The third kappa shape index (κ3) is 3.92. The van der Waals surface area contributed by atoms with Crippen molar-refractivity contribution in [3.05, 3.63) is 49.1 Å². The molecule has 1 aromatic carbocycles. The molecule has 0 saturated carbocycles. The Morgan fingerprint density at radius 3 is 2.63 bits per heavy atom. The molecule has 11 heteroatoms. The predicted molar refractivity (Wildman–Crippen MR) is 119 cm³/mol. The van der Waals surface area contributed by atoms with Gasteiger partial charge < -0.3 is 10.3 Å². The number of nitrogens with two attached hydrogens (primary N) is 1. The molecular formula is C19H21N7O2S2. The lowest BCUT2D eigenvalue weighted by molar-refractivity contribution is 0.501. The van der Waals surface area contributed by atoms with Gasteiger partial charge in [-0.1, -0.05) is 30.3 Å². The van der Waals surface area contributed by atoms with E-state index >= 15 is 0 Å². The molecule has 0 saturated heterocycles. The van der Waals surface area contributed by atoms with E-state index in [1.807, 2.05) is 41.0 Å². The molecule has 0 bridgehead atoms. The van der Waals surface area contributed by atoms with Crippen molar-refractivity contribution in [1.82, 2.24) is 28.5 Å². The Bertz CT molecular complexity index is 1280. The Morgan fingerprint density at radius 1 is 1.17 bits per heavy atom. The van der Waals surface area contributed by atoms with Gasteiger partial charge in [-0.05, 0) is 6.07 Å². The van der Waals surface area contributed by atoms with Crippen molar-refractivity contribution in [2.45, 2.75) is 6.54 Å². The van der Waals surface area contributed by atoms with Crippen molar-refractivity contribution < 1.29 is 8.42 Å². The predicted octanol–water partition coefficient (Wildman–Crippen LogP) is 2.20. The number of nitrogens with zero attached hydrogens (tertiary/aromatic N) is 5. The second-order valence-corrected chi connectivity index (χ2v) is 9.77. The summed E-state index contributed by atoms with van der Waals surface area (Å²) in [7, 11) is -0.525. The van der Waals surface area contributed by atoms with E-state index in [1.54, 1.807) is 6.33 Å². The number of imidazole rings is 1. The summed E-state index contributed by atoms with van der Waals surface area (Å²) in [4.78, 5) is 14.7. The van der Waals surface area contributed by atoms with E-state index in [4.69, 9.17) is 5.73 Å². The lowest BCUT2D eigenvalue weighted by Gasteiger charge is -2.13. The van der Waals surface area contributed by atoms with Crippen molar-refractivity contribution in [2.75, 3.05) is 26.4 Å². The molecule has 3 aromatic heterocycles. The van der Waals surface area contributed by atoms with Gasteiger partial charge in [0.25, 0.3) is 10.2 Å². The van der Waals surface area contributed by atoms with E-state index in [1.165, 1.54) is 31.8 Å². The number of nitrogens with one attached hydrogen (secondary N) is 1. The molecular weight excluding hydrogens is 422 g/mol. The molecule has 156 valence electrons. The second-order valence-electron chi connectivity index (χ2n) is 6.77. The van der Waals surface area contributed by atoms with Gasteiger partial charge in [0.15, 0.2) is 0 Å². The van der Waals surface area contributed by atoms with Gasteiger partial charge in [0.2, 0.25) is 0 Å². The van der Waals surface area contributed by atoms with Crippen LogP contribution in [0.25, 0.3) is 32.0 Å². The average molecular weight is 444 g/mol. The summed E-state index contributed by atoms with van der Waals surface area (Å²) in [6.45, 7) is 0.641. The molecule has 0 fully saturated rings. The summed E-state index contributed by atoms with van der Waals surface area (Å²) in [5.41, 5.74) is 8.68. The van der Waals surface area contributed by atoms with Crippen LogP contribution in [0, 0.1) is 0 Å². The first-order valence-electron chi connectivity index (χ1n) is 9.15. The maximum atomic E-state index is 12.0. The maximum Gasteiger partial charge on any atom is 0.278 e. The van der Waals surface area contributed by atoms with Crippen LogP contribution < -0.4 is 10.5 Å². The van der Waals surface area contributed by atoms with Crippen molar-refractivity contribution in [1.29, 1.82) is 0 Å². The van der Waals surface area contributed by atoms with Crippen LogP contribution in [-0.4, -0.2) is 52.9 Å². The number of hydrogen-bond donors (Lipinski definition) is 2. The Balaban J connectivity index is 1.76. The van der Waals surface area contributed by atoms with Crippen molar-refractivity contribution in [3.63, 3.8) is 0 Å². The minimum absolute atomic E-state index is 0.227. The molecule has 0 radical (unpaired) electrons. The van der Waals surface area contributed by atoms with Gasteiger partial charge in [-0.3, -0.25) is 0 Å². The van der Waals surface area contributed by atoms with Gasteiger partial charge in [-0.25, -0.2) is 19.7 Å². The highest BCUT2D eigenvalue weighted by atomic mass is 32.2. The van der Waals surface area contributed by atoms with Crippen LogP contribution in [0.1, 0.15) is 0 Å². The zero-order valence-electron chi connectivity index (χ0n) is 16.5. The Kier molecular flexibility index (Phi) is 5.52. The standard InChI is InChI=1S/C19H21N7O2S2/c1-25(2)30(27,28)24-8-9-26-12-23-16(13-6-4-3-5-7-13)17(26)15-10-14-18(20)21-11-22-19(14)29-15/h3-7,10-12,24H,8-9H2,1-2H3,(H2,20,21,22). The van der Waals surface area contributed by atoms with Crippen LogP contribution >= 0.6 is 11.3 Å². The molecule has 9 nitrogen and oxygen atoms in total. The number of thiophene rings is 1. The number of anilines is 1. The Labute approximate surface area is 178 Å². The second kappa shape index (κ2) is 8.11. The van der Waals surface area contributed by atoms with Crippen LogP contribution in [-0.2, 0) is 16.8 Å². The lowest BCUT2D eigenvalue weighted by Crippen LogP contribution is -2.37. The summed E-state index contributed by atoms with van der Waals surface area (Å²) in [5.74, 6) is 0.425. The topological polar surface area (TPSA) is 119 Å². The summed E-state index contributed by atoms with van der Waals surface area (Å²) >= 11 is 1.50. The number of nitrogen functional groups attached to an aromatic ring is 1. The molecule has 30 heavy (non-hydrogen) atoms. The van der Waals surface area contributed by atoms with E-state index in [0.29, 0.717) is 12.4 Å². The quantitative estimate of drug-likeness (QED) is 0.452. The van der Waals surface area contributed by atoms with Crippen LogP contribution in [0.5, 0.6) is 0 Å². The highest BCUT2D eigenvalue weighted by Gasteiger charge is 2.19. The monoisotopic (exact) mass is 443 g/mol. The maximum absolute atomic E-state index is 12.0. The molecule has 0 atom stereocenters. The summed E-state index contributed by atoms with van der Waals surface area (Å²) in [6, 6.07) is 11.8. The average Bonchev–Trinajstić information content (AvgIpc) is 3.33. The van der Waals surface area contributed by atoms with Crippen molar-refractivity contribution in [2.24, 2.45) is 0 Å². The van der Waals surface area contributed by atoms with E-state index in [9.17, 15) is 8.42 Å². The summed E-state index contributed by atoms with van der Waals surface area (Å²) < 4.78 is 29.7. The Morgan fingerprint density at radius 2 is 1.93 bits per heavy atom. The molecule has 0 unspecified atom stereocenters. The van der Waals surface area contributed by atoms with Crippen LogP contribution in [0.3, 0.4) is 0 Å². The zero-order chi connectivity index (χ0) is 21.3. The van der Waals surface area contributed by atoms with Crippen LogP contribution in [0.2, 0.25) is 0 Å². The minimum Gasteiger partial charge on any atom is -0.383 e. The molecule has 0 aliphatic heterocycles. The first kappa shape index (κ1) is 20.4. The molecule has 0 aliphatic carbocycles. The van der Waals surface area contributed by atoms with Gasteiger partial charge in [0.1, 0.15) is 17.0 Å². The number of rotatable bonds is 7. The number of fused-ring (bicyclic) bond motifs is 1. The summed E-state index contributed by atoms with van der Waals surface area (Å²) in [5, 5.41) is 0.789. The highest BCUT2D eigenvalue weighted by Crippen LogP contribution is 2.38. The Hall–Kier alpha value is -2.86. The fraction of sp³-hybridized carbons (Fsp3) is 0.211. The van der Waals surface area contributed by atoms with Crippen LogP contribution in [0.15, 0.2) is 49.1 Å². The third-order valence-electron chi connectivity index (χ3n) is 4.60. The first-order chi connectivity index (χ1) is 14.4. The van der Waals surface area contributed by atoms with Gasteiger partial charge in [0.05, 0.1) is 28.0 Å². The smallest absolute Gasteiger partial charge is 0.278 e. The van der Waals surface area contributed by atoms with Crippen molar-refractivity contribution in [3.8, 4) is 21.8 Å². The highest BCUT2D eigenvalue weighted by molar-refractivity contribution is 7.87. The van der Waals surface area contributed by atoms with E-state index in [2.05, 4.69) is 19.7 Å². The van der Waals surface area contributed by atoms with Gasteiger partial charge >= 0.3 is 0 Å². The molecule has 0 amide bonds. The molecule has 4 aromatic rings.